The van der Waals surface area contributed by atoms with Gasteiger partial charge in [-0.25, -0.2) is 14.8 Å². The van der Waals surface area contributed by atoms with Crippen LogP contribution in [-0.4, -0.2) is 39.9 Å². The molecule has 2 saturated carbocycles. The molecular weight excluding hydrogens is 498 g/mol. The van der Waals surface area contributed by atoms with Crippen LogP contribution < -0.4 is 14.8 Å². The Bertz CT molecular complexity index is 1070. The fourth-order valence-corrected chi connectivity index (χ4v) is 3.92. The fourth-order valence-electron chi connectivity index (χ4n) is 3.62. The molecule has 2 aliphatic carbocycles. The van der Waals surface area contributed by atoms with Gasteiger partial charge in [-0.3, -0.25) is 0 Å². The molecule has 34 heavy (non-hydrogen) atoms. The number of aliphatic hydroxyl groups is 1. The van der Waals surface area contributed by atoms with Crippen molar-refractivity contribution in [2.24, 2.45) is 5.92 Å². The zero-order valence-electron chi connectivity index (χ0n) is 17.9. The number of nitrogens with one attached hydrogen (secondary N) is 1. The highest BCUT2D eigenvalue weighted by Crippen LogP contribution is 2.40. The van der Waals surface area contributed by atoms with Gasteiger partial charge in [-0.1, -0.05) is 42.1 Å². The van der Waals surface area contributed by atoms with Crippen molar-refractivity contribution in [3.63, 3.8) is 0 Å². The molecule has 0 spiro atoms. The Morgan fingerprint density at radius 3 is 2.47 bits per heavy atom. The summed E-state index contributed by atoms with van der Waals surface area (Å²) < 4.78 is 52.0. The highest BCUT2D eigenvalue weighted by Gasteiger charge is 2.40. The van der Waals surface area contributed by atoms with E-state index in [9.17, 15) is 23.1 Å². The van der Waals surface area contributed by atoms with Gasteiger partial charge in [0.25, 0.3) is 5.88 Å². The first-order valence-corrected chi connectivity index (χ1v) is 11.6. The summed E-state index contributed by atoms with van der Waals surface area (Å²) in [6.45, 7) is 0.181. The summed E-state index contributed by atoms with van der Waals surface area (Å²) in [6, 6.07) is 3.74. The van der Waals surface area contributed by atoms with Gasteiger partial charge in [0.1, 0.15) is 5.69 Å². The van der Waals surface area contributed by atoms with E-state index in [2.05, 4.69) is 15.3 Å². The second-order valence-electron chi connectivity index (χ2n) is 8.40. The number of nitrogens with zero attached hydrogens (tertiary/aromatic N) is 2. The van der Waals surface area contributed by atoms with Crippen LogP contribution in [0, 0.1) is 5.92 Å². The Labute approximate surface area is 203 Å². The number of aromatic nitrogens is 2. The van der Waals surface area contributed by atoms with E-state index in [1.165, 1.54) is 18.2 Å². The fraction of sp³-hybridized carbons (Fsp3) is 0.500. The molecule has 0 saturated heterocycles. The number of benzene rings is 1. The molecule has 184 valence electrons. The maximum Gasteiger partial charge on any atom is 0.438 e. The number of carbonyl (C=O) groups is 1. The van der Waals surface area contributed by atoms with Gasteiger partial charge in [-0.2, -0.15) is 13.2 Å². The first-order chi connectivity index (χ1) is 16.1. The van der Waals surface area contributed by atoms with Crippen LogP contribution in [0.5, 0.6) is 11.8 Å². The lowest BCUT2D eigenvalue weighted by Gasteiger charge is -2.27. The molecule has 0 radical (unpaired) electrons. The molecule has 2 fully saturated rings. The van der Waals surface area contributed by atoms with Crippen LogP contribution in [-0.2, 0) is 6.18 Å². The van der Waals surface area contributed by atoms with E-state index in [-0.39, 0.29) is 39.7 Å². The lowest BCUT2D eigenvalue weighted by atomic mass is 9.93. The maximum atomic E-state index is 13.8. The molecule has 7 nitrogen and oxygen atoms in total. The molecule has 1 aromatic heterocycles. The van der Waals surface area contributed by atoms with E-state index in [1.807, 2.05) is 0 Å². The normalized spacial score (nSPS) is 20.6. The van der Waals surface area contributed by atoms with Crippen LogP contribution >= 0.6 is 23.2 Å². The van der Waals surface area contributed by atoms with Gasteiger partial charge in [0.15, 0.2) is 0 Å². The number of aliphatic hydroxyl groups excluding tert-OH is 1. The van der Waals surface area contributed by atoms with E-state index >= 15 is 0 Å². The predicted octanol–water partition coefficient (Wildman–Crippen LogP) is 5.65. The topological polar surface area (TPSA) is 93.6 Å². The van der Waals surface area contributed by atoms with Gasteiger partial charge in [0, 0.05) is 5.56 Å². The van der Waals surface area contributed by atoms with Crippen molar-refractivity contribution in [2.75, 3.05) is 6.61 Å². The molecule has 2 N–H and O–H groups in total. The SMILES string of the molecule is O=C(N[C@@H]1CCCC[C@H]1O)Oc1nc(-c2ccc(Cl)c(Cl)c2)c(OCC2CC2)nc1C(F)(F)F. The molecular formula is C22H22Cl2F3N3O4. The zero-order valence-corrected chi connectivity index (χ0v) is 19.4. The molecule has 1 aromatic carbocycles. The van der Waals surface area contributed by atoms with Gasteiger partial charge in [0.05, 0.1) is 28.8 Å². The smallest absolute Gasteiger partial charge is 0.438 e. The first-order valence-electron chi connectivity index (χ1n) is 10.9. The van der Waals surface area contributed by atoms with E-state index in [0.717, 1.165) is 25.7 Å². The molecule has 4 rings (SSSR count). The van der Waals surface area contributed by atoms with Gasteiger partial charge in [-0.15, -0.1) is 0 Å². The minimum atomic E-state index is -4.97. The van der Waals surface area contributed by atoms with Crippen molar-refractivity contribution >= 4 is 29.3 Å². The molecule has 2 aliphatic rings. The van der Waals surface area contributed by atoms with Crippen LogP contribution in [0.2, 0.25) is 10.0 Å². The molecule has 1 heterocycles. The number of halogens is 5. The van der Waals surface area contributed by atoms with Gasteiger partial charge in [0.2, 0.25) is 11.6 Å². The molecule has 12 heteroatoms. The lowest BCUT2D eigenvalue weighted by molar-refractivity contribution is -0.142. The maximum absolute atomic E-state index is 13.8. The Morgan fingerprint density at radius 2 is 1.82 bits per heavy atom. The first kappa shape index (κ1) is 24.8. The third kappa shape index (κ3) is 6.03. The highest BCUT2D eigenvalue weighted by molar-refractivity contribution is 6.42. The van der Waals surface area contributed by atoms with E-state index in [0.29, 0.717) is 12.8 Å². The standard InChI is InChI=1S/C22H22Cl2F3N3O4/c23-13-8-7-12(9-14(13)24)17-19(33-10-11-5-6-11)30-18(22(25,26)27)20(29-17)34-21(32)28-15-3-1-2-4-16(15)31/h7-9,11,15-16,31H,1-6,10H2,(H,28,32)/t15-,16-/m1/s1. The number of alkyl halides is 3. The third-order valence-corrected chi connectivity index (χ3v) is 6.41. The summed E-state index contributed by atoms with van der Waals surface area (Å²) in [5, 5.41) is 12.9. The van der Waals surface area contributed by atoms with E-state index in [4.69, 9.17) is 32.7 Å². The molecule has 0 aliphatic heterocycles. The summed E-state index contributed by atoms with van der Waals surface area (Å²) >= 11 is 12.0. The van der Waals surface area contributed by atoms with Crippen molar-refractivity contribution in [2.45, 2.75) is 56.8 Å². The third-order valence-electron chi connectivity index (χ3n) is 5.67. The summed E-state index contributed by atoms with van der Waals surface area (Å²) in [4.78, 5) is 20.0. The summed E-state index contributed by atoms with van der Waals surface area (Å²) in [6.07, 6.45) is -2.59. The quantitative estimate of drug-likeness (QED) is 0.512. The molecule has 2 atom stereocenters. The van der Waals surface area contributed by atoms with Crippen molar-refractivity contribution < 1.29 is 32.5 Å². The second kappa shape index (κ2) is 10.1. The zero-order chi connectivity index (χ0) is 24.5. The Morgan fingerprint density at radius 1 is 1.09 bits per heavy atom. The van der Waals surface area contributed by atoms with Gasteiger partial charge >= 0.3 is 12.3 Å². The Hall–Kier alpha value is -2.30. The number of carbonyl (C=O) groups excluding carboxylic acids is 1. The van der Waals surface area contributed by atoms with Crippen LogP contribution in [0.4, 0.5) is 18.0 Å². The number of amides is 1. The Kier molecular flexibility index (Phi) is 7.39. The van der Waals surface area contributed by atoms with Crippen LogP contribution in [0.3, 0.4) is 0 Å². The summed E-state index contributed by atoms with van der Waals surface area (Å²) in [7, 11) is 0. The summed E-state index contributed by atoms with van der Waals surface area (Å²) in [5.41, 5.74) is -1.29. The van der Waals surface area contributed by atoms with Crippen molar-refractivity contribution in [1.82, 2.24) is 15.3 Å². The average molecular weight is 520 g/mol. The van der Waals surface area contributed by atoms with E-state index in [1.54, 1.807) is 0 Å². The number of hydrogen-bond acceptors (Lipinski definition) is 6. The molecule has 0 unspecified atom stereocenters. The number of ether oxygens (including phenoxy) is 2. The van der Waals surface area contributed by atoms with Crippen LogP contribution in [0.1, 0.15) is 44.2 Å². The van der Waals surface area contributed by atoms with E-state index < -0.39 is 36.0 Å². The summed E-state index contributed by atoms with van der Waals surface area (Å²) in [5.74, 6) is -1.15. The molecule has 2 aromatic rings. The van der Waals surface area contributed by atoms with Crippen molar-refractivity contribution in [1.29, 1.82) is 0 Å². The van der Waals surface area contributed by atoms with Gasteiger partial charge < -0.3 is 19.9 Å². The average Bonchev–Trinajstić information content (AvgIpc) is 3.60. The monoisotopic (exact) mass is 519 g/mol. The molecule has 0 bridgehead atoms. The van der Waals surface area contributed by atoms with Crippen molar-refractivity contribution in [3.8, 4) is 23.0 Å². The Balaban J connectivity index is 1.69. The predicted molar refractivity (Wildman–Crippen MR) is 118 cm³/mol. The minimum Gasteiger partial charge on any atom is -0.476 e. The van der Waals surface area contributed by atoms with Crippen molar-refractivity contribution in [3.05, 3.63) is 33.9 Å². The minimum absolute atomic E-state index is 0.0762. The van der Waals surface area contributed by atoms with Crippen LogP contribution in [0.15, 0.2) is 18.2 Å². The lowest BCUT2D eigenvalue weighted by Crippen LogP contribution is -2.46. The number of rotatable bonds is 6. The number of hydrogen-bond donors (Lipinski definition) is 2. The highest BCUT2D eigenvalue weighted by atomic mass is 35.5. The van der Waals surface area contributed by atoms with Crippen LogP contribution in [0.25, 0.3) is 11.3 Å². The largest absolute Gasteiger partial charge is 0.476 e. The molecule has 1 amide bonds. The van der Waals surface area contributed by atoms with Gasteiger partial charge in [-0.05, 0) is 43.7 Å². The second-order valence-corrected chi connectivity index (χ2v) is 9.22.